The number of nitrogens with zero attached hydrogens (tertiary/aromatic N) is 7. The van der Waals surface area contributed by atoms with Crippen molar-refractivity contribution in [2.24, 2.45) is 17.5 Å². The highest BCUT2D eigenvalue weighted by atomic mass is 19.1. The summed E-state index contributed by atoms with van der Waals surface area (Å²) in [5.41, 5.74) is 11.7. The molecule has 4 aliphatic rings. The molecule has 50 heavy (non-hydrogen) atoms. The minimum Gasteiger partial charge on any atom is -0.401 e. The van der Waals surface area contributed by atoms with Gasteiger partial charge in [0, 0.05) is 86.9 Å². The molecule has 0 spiro atoms. The molecule has 266 valence electrons. The van der Waals surface area contributed by atoms with Crippen molar-refractivity contribution in [3.05, 3.63) is 71.3 Å². The Balaban J connectivity index is 1.18. The van der Waals surface area contributed by atoms with Crippen LogP contribution in [-0.2, 0) is 4.74 Å². The second-order valence-electron chi connectivity index (χ2n) is 15.0. The number of allylic oxidation sites excluding steroid dienone is 1. The van der Waals surface area contributed by atoms with E-state index in [0.717, 1.165) is 98.1 Å². The number of hydrogen-bond donors (Lipinski definition) is 2. The molecule has 0 bridgehead atoms. The number of hydrazine groups is 1. The van der Waals surface area contributed by atoms with Crippen LogP contribution in [0.5, 0.6) is 0 Å². The van der Waals surface area contributed by atoms with E-state index in [-0.39, 0.29) is 11.9 Å². The lowest BCUT2D eigenvalue weighted by Gasteiger charge is -2.43. The number of anilines is 1. The van der Waals surface area contributed by atoms with E-state index in [9.17, 15) is 0 Å². The number of pyridine rings is 2. The molecule has 3 saturated heterocycles. The largest absolute Gasteiger partial charge is 0.401 e. The highest BCUT2D eigenvalue weighted by molar-refractivity contribution is 6.05. The first kappa shape index (κ1) is 33.4. The summed E-state index contributed by atoms with van der Waals surface area (Å²) < 4.78 is 23.9. The minimum atomic E-state index is -0.292. The van der Waals surface area contributed by atoms with Crippen LogP contribution in [-0.4, -0.2) is 101 Å². The number of benzene rings is 1. The van der Waals surface area contributed by atoms with Crippen LogP contribution in [0.2, 0.25) is 0 Å². The Hall–Kier alpha value is -3.77. The average Bonchev–Trinajstić information content (AvgIpc) is 3.93. The summed E-state index contributed by atoms with van der Waals surface area (Å²) >= 11 is 0. The molecule has 1 aromatic carbocycles. The smallest absolute Gasteiger partial charge is 0.145 e. The summed E-state index contributed by atoms with van der Waals surface area (Å²) in [6, 6.07) is 14.9. The van der Waals surface area contributed by atoms with Gasteiger partial charge in [-0.2, -0.15) is 0 Å². The fourth-order valence-electron chi connectivity index (χ4n) is 8.88. The molecule has 8 rings (SSSR count). The van der Waals surface area contributed by atoms with Gasteiger partial charge in [0.15, 0.2) is 0 Å². The molecular weight excluding hydrogens is 629 g/mol. The van der Waals surface area contributed by atoms with Crippen LogP contribution < -0.4 is 16.5 Å². The fourth-order valence-corrected chi connectivity index (χ4v) is 8.88. The highest BCUT2D eigenvalue weighted by Crippen LogP contribution is 2.40. The van der Waals surface area contributed by atoms with E-state index in [4.69, 9.17) is 26.3 Å². The predicted octanol–water partition coefficient (Wildman–Crippen LogP) is 5.33. The summed E-state index contributed by atoms with van der Waals surface area (Å²) in [5, 5.41) is 2.49. The van der Waals surface area contributed by atoms with Crippen LogP contribution >= 0.6 is 0 Å². The van der Waals surface area contributed by atoms with Crippen molar-refractivity contribution >= 4 is 33.6 Å². The minimum absolute atomic E-state index is 0.209. The van der Waals surface area contributed by atoms with Gasteiger partial charge < -0.3 is 29.8 Å². The molecule has 6 heterocycles. The molecule has 3 aromatic heterocycles. The standard InChI is InChI=1S/C39H52FN9O/c1-26(41)38(45(2)42)28-24-35-37(43-25-28)32-9-10-36(48-19-17-47(18-20-48)30-11-15-46(16-12-30)29-7-8-29)44-39(32)49(35)34(23-27-13-21-50-22-14-27)31-5-3-4-6-33(31)40/h3-6,9-10,24-25,27,29-30,34H,7-8,11-23,41-42H2,1-2H3/b38-26-. The van der Waals surface area contributed by atoms with Crippen LogP contribution in [0, 0.1) is 11.7 Å². The Labute approximate surface area is 294 Å². The van der Waals surface area contributed by atoms with Crippen molar-refractivity contribution in [3.8, 4) is 0 Å². The van der Waals surface area contributed by atoms with E-state index in [1.54, 1.807) is 19.2 Å². The van der Waals surface area contributed by atoms with Crippen molar-refractivity contribution in [1.82, 2.24) is 29.3 Å². The van der Waals surface area contributed by atoms with Gasteiger partial charge in [0.25, 0.3) is 0 Å². The van der Waals surface area contributed by atoms with Crippen molar-refractivity contribution in [2.45, 2.75) is 70.0 Å². The van der Waals surface area contributed by atoms with Gasteiger partial charge in [0.05, 0.1) is 22.8 Å². The maximum Gasteiger partial charge on any atom is 0.145 e. The first-order chi connectivity index (χ1) is 24.4. The van der Waals surface area contributed by atoms with Gasteiger partial charge in [-0.1, -0.05) is 18.2 Å². The summed E-state index contributed by atoms with van der Waals surface area (Å²) in [6.07, 6.45) is 9.85. The van der Waals surface area contributed by atoms with Gasteiger partial charge in [0.1, 0.15) is 17.3 Å². The van der Waals surface area contributed by atoms with E-state index in [2.05, 4.69) is 37.5 Å². The molecule has 4 fully saturated rings. The van der Waals surface area contributed by atoms with Gasteiger partial charge in [-0.25, -0.2) is 15.2 Å². The molecule has 4 N–H and O–H groups in total. The molecule has 10 nitrogen and oxygen atoms in total. The van der Waals surface area contributed by atoms with Crippen LogP contribution in [0.3, 0.4) is 0 Å². The summed E-state index contributed by atoms with van der Waals surface area (Å²) in [6.45, 7) is 9.76. The average molecular weight is 682 g/mol. The topological polar surface area (TPSA) is 105 Å². The molecule has 1 atom stereocenters. The molecule has 3 aliphatic heterocycles. The van der Waals surface area contributed by atoms with Crippen LogP contribution in [0.4, 0.5) is 10.2 Å². The van der Waals surface area contributed by atoms with Gasteiger partial charge in [-0.15, -0.1) is 0 Å². The van der Waals surface area contributed by atoms with Crippen molar-refractivity contribution < 1.29 is 9.13 Å². The zero-order valence-corrected chi connectivity index (χ0v) is 29.6. The fraction of sp³-hybridized carbons (Fsp3) is 0.538. The lowest BCUT2D eigenvalue weighted by Crippen LogP contribution is -2.53. The van der Waals surface area contributed by atoms with E-state index >= 15 is 4.39 Å². The number of rotatable bonds is 9. The number of halogens is 1. The zero-order chi connectivity index (χ0) is 34.4. The predicted molar refractivity (Wildman–Crippen MR) is 198 cm³/mol. The normalized spacial score (nSPS) is 21.6. The van der Waals surface area contributed by atoms with Crippen LogP contribution in [0.15, 0.2) is 54.4 Å². The molecule has 0 amide bonds. The highest BCUT2D eigenvalue weighted by Gasteiger charge is 2.35. The monoisotopic (exact) mass is 681 g/mol. The van der Waals surface area contributed by atoms with E-state index < -0.39 is 0 Å². The number of piperazine rings is 1. The number of ether oxygens (including phenoxy) is 1. The maximum absolute atomic E-state index is 15.9. The van der Waals surface area contributed by atoms with Gasteiger partial charge in [-0.3, -0.25) is 9.88 Å². The Morgan fingerprint density at radius 2 is 1.64 bits per heavy atom. The van der Waals surface area contributed by atoms with Gasteiger partial charge in [0.2, 0.25) is 0 Å². The van der Waals surface area contributed by atoms with Crippen LogP contribution in [0.1, 0.15) is 69.0 Å². The summed E-state index contributed by atoms with van der Waals surface area (Å²) in [5.74, 6) is 7.42. The number of fused-ring (bicyclic) bond motifs is 3. The first-order valence-electron chi connectivity index (χ1n) is 18.7. The van der Waals surface area contributed by atoms with Crippen molar-refractivity contribution in [2.75, 3.05) is 64.4 Å². The third-order valence-corrected chi connectivity index (χ3v) is 11.7. The Bertz CT molecular complexity index is 1840. The Morgan fingerprint density at radius 3 is 2.32 bits per heavy atom. The first-order valence-corrected chi connectivity index (χ1v) is 18.7. The van der Waals surface area contributed by atoms with E-state index in [1.807, 2.05) is 25.3 Å². The molecule has 4 aromatic rings. The zero-order valence-electron chi connectivity index (χ0n) is 29.6. The molecule has 1 saturated carbocycles. The second kappa shape index (κ2) is 14.1. The third-order valence-electron chi connectivity index (χ3n) is 11.7. The number of hydrogen-bond acceptors (Lipinski definition) is 9. The van der Waals surface area contributed by atoms with E-state index in [0.29, 0.717) is 28.9 Å². The second-order valence-corrected chi connectivity index (χ2v) is 15.0. The van der Waals surface area contributed by atoms with Gasteiger partial charge >= 0.3 is 0 Å². The lowest BCUT2D eigenvalue weighted by atomic mass is 9.89. The molecule has 1 aliphatic carbocycles. The van der Waals surface area contributed by atoms with Crippen molar-refractivity contribution in [1.29, 1.82) is 0 Å². The third kappa shape index (κ3) is 6.56. The number of piperidine rings is 1. The molecule has 0 radical (unpaired) electrons. The lowest BCUT2D eigenvalue weighted by molar-refractivity contribution is 0.0608. The SMILES string of the molecule is C/C(N)=C(\c1cnc2c3ccc(N4CCN(C5CCN(C6CC6)CC5)CC4)nc3n(C(CC3CCOCC3)c3ccccc3F)c2c1)N(C)N. The number of nitrogens with two attached hydrogens (primary N) is 2. The van der Waals surface area contributed by atoms with Crippen molar-refractivity contribution in [3.63, 3.8) is 0 Å². The summed E-state index contributed by atoms with van der Waals surface area (Å²) in [7, 11) is 1.78. The molecular formula is C39H52FN9O. The maximum atomic E-state index is 15.9. The van der Waals surface area contributed by atoms with Gasteiger partial charge in [-0.05, 0) is 95.1 Å². The summed E-state index contributed by atoms with van der Waals surface area (Å²) in [4.78, 5) is 18.3. The molecule has 1 unspecified atom stereocenters. The number of likely N-dealkylation sites (tertiary alicyclic amines) is 1. The van der Waals surface area contributed by atoms with E-state index in [1.165, 1.54) is 43.8 Å². The number of aromatic nitrogens is 3. The Kier molecular flexibility index (Phi) is 9.41. The van der Waals surface area contributed by atoms with Crippen LogP contribution in [0.25, 0.3) is 27.8 Å². The molecule has 11 heteroatoms. The quantitative estimate of drug-likeness (QED) is 0.179. The Morgan fingerprint density at radius 1 is 0.940 bits per heavy atom.